The lowest BCUT2D eigenvalue weighted by Gasteiger charge is -2.07. The highest BCUT2D eigenvalue weighted by Crippen LogP contribution is 2.22. The fourth-order valence-corrected chi connectivity index (χ4v) is 2.52. The van der Waals surface area contributed by atoms with Crippen LogP contribution in [0.15, 0.2) is 33.7 Å². The first-order valence-electron chi connectivity index (χ1n) is 4.62. The predicted octanol–water partition coefficient (Wildman–Crippen LogP) is 3.83. The minimum atomic E-state index is 0.859. The first-order chi connectivity index (χ1) is 7.27. The van der Waals surface area contributed by atoms with Crippen LogP contribution in [0.25, 0.3) is 0 Å². The molecule has 0 fully saturated rings. The number of rotatable bonds is 3. The van der Waals surface area contributed by atoms with Gasteiger partial charge in [-0.3, -0.25) is 4.98 Å². The average Bonchev–Trinajstić information content (AvgIpc) is 2.63. The smallest absolute Gasteiger partial charge is 0.0590 e. The van der Waals surface area contributed by atoms with Gasteiger partial charge in [-0.15, -0.1) is 0 Å². The molecule has 2 aromatic heterocycles. The molecule has 2 rings (SSSR count). The van der Waals surface area contributed by atoms with Gasteiger partial charge in [0.15, 0.2) is 0 Å². The van der Waals surface area contributed by atoms with Crippen LogP contribution in [-0.2, 0) is 6.54 Å². The number of pyridine rings is 1. The highest BCUT2D eigenvalue weighted by atomic mass is 79.9. The molecule has 0 spiro atoms. The Hall–Kier alpha value is -0.870. The van der Waals surface area contributed by atoms with E-state index in [1.54, 1.807) is 23.7 Å². The highest BCUT2D eigenvalue weighted by molar-refractivity contribution is 9.10. The summed E-state index contributed by atoms with van der Waals surface area (Å²) in [4.78, 5) is 4.02. The van der Waals surface area contributed by atoms with E-state index in [0.29, 0.717) is 0 Å². The van der Waals surface area contributed by atoms with Gasteiger partial charge in [0.05, 0.1) is 10.2 Å². The molecule has 2 nitrogen and oxygen atoms in total. The molecule has 0 aliphatic rings. The number of nitrogens with one attached hydrogen (secondary N) is 1. The molecule has 2 heterocycles. The SMILES string of the molecule is Cc1cscc1CNc1ccncc1Br. The molecular formula is C11H11BrN2S. The third kappa shape index (κ3) is 2.58. The first kappa shape index (κ1) is 10.6. The molecule has 4 heteroatoms. The van der Waals surface area contributed by atoms with E-state index in [4.69, 9.17) is 0 Å². The van der Waals surface area contributed by atoms with Crippen LogP contribution in [-0.4, -0.2) is 4.98 Å². The van der Waals surface area contributed by atoms with Crippen molar-refractivity contribution < 1.29 is 0 Å². The van der Waals surface area contributed by atoms with E-state index in [1.165, 1.54) is 11.1 Å². The topological polar surface area (TPSA) is 24.9 Å². The molecule has 0 bridgehead atoms. The van der Waals surface area contributed by atoms with Crippen molar-refractivity contribution in [3.8, 4) is 0 Å². The van der Waals surface area contributed by atoms with Gasteiger partial charge in [0.2, 0.25) is 0 Å². The van der Waals surface area contributed by atoms with Crippen LogP contribution in [0.3, 0.4) is 0 Å². The second-order valence-corrected chi connectivity index (χ2v) is 4.89. The van der Waals surface area contributed by atoms with Crippen LogP contribution in [0, 0.1) is 6.92 Å². The van der Waals surface area contributed by atoms with Gasteiger partial charge in [0, 0.05) is 18.9 Å². The fraction of sp³-hybridized carbons (Fsp3) is 0.182. The van der Waals surface area contributed by atoms with Crippen LogP contribution in [0.1, 0.15) is 11.1 Å². The Morgan fingerprint density at radius 2 is 2.33 bits per heavy atom. The van der Waals surface area contributed by atoms with Gasteiger partial charge in [-0.25, -0.2) is 0 Å². The lowest BCUT2D eigenvalue weighted by molar-refractivity contribution is 1.13. The monoisotopic (exact) mass is 282 g/mol. The number of hydrogen-bond donors (Lipinski definition) is 1. The van der Waals surface area contributed by atoms with Gasteiger partial charge in [0.25, 0.3) is 0 Å². The van der Waals surface area contributed by atoms with E-state index in [-0.39, 0.29) is 0 Å². The Kier molecular flexibility index (Phi) is 3.38. The van der Waals surface area contributed by atoms with Crippen LogP contribution in [0.5, 0.6) is 0 Å². The molecule has 0 radical (unpaired) electrons. The predicted molar refractivity (Wildman–Crippen MR) is 68.3 cm³/mol. The Morgan fingerprint density at radius 1 is 1.47 bits per heavy atom. The standard InChI is InChI=1S/C11H11BrN2S/c1-8-6-15-7-9(8)4-14-11-2-3-13-5-10(11)12/h2-3,5-7H,4H2,1H3,(H,13,14). The van der Waals surface area contributed by atoms with E-state index >= 15 is 0 Å². The van der Waals surface area contributed by atoms with E-state index in [1.807, 2.05) is 6.07 Å². The van der Waals surface area contributed by atoms with Crippen molar-refractivity contribution in [1.82, 2.24) is 4.98 Å². The van der Waals surface area contributed by atoms with Crippen molar-refractivity contribution in [3.63, 3.8) is 0 Å². The van der Waals surface area contributed by atoms with E-state index in [9.17, 15) is 0 Å². The summed E-state index contributed by atoms with van der Waals surface area (Å²) in [6.07, 6.45) is 3.58. The van der Waals surface area contributed by atoms with Gasteiger partial charge >= 0.3 is 0 Å². The summed E-state index contributed by atoms with van der Waals surface area (Å²) in [6.45, 7) is 2.99. The maximum absolute atomic E-state index is 4.02. The lowest BCUT2D eigenvalue weighted by atomic mass is 10.2. The maximum Gasteiger partial charge on any atom is 0.0590 e. The molecule has 15 heavy (non-hydrogen) atoms. The fourth-order valence-electron chi connectivity index (χ4n) is 1.28. The summed E-state index contributed by atoms with van der Waals surface area (Å²) in [5, 5.41) is 7.72. The molecule has 0 aliphatic heterocycles. The van der Waals surface area contributed by atoms with Crippen molar-refractivity contribution in [1.29, 1.82) is 0 Å². The minimum absolute atomic E-state index is 0.859. The quantitative estimate of drug-likeness (QED) is 0.926. The van der Waals surface area contributed by atoms with Crippen molar-refractivity contribution >= 4 is 33.0 Å². The number of aryl methyl sites for hydroxylation is 1. The van der Waals surface area contributed by atoms with Crippen LogP contribution < -0.4 is 5.32 Å². The Morgan fingerprint density at radius 3 is 3.00 bits per heavy atom. The molecule has 0 atom stereocenters. The van der Waals surface area contributed by atoms with Gasteiger partial charge < -0.3 is 5.32 Å². The van der Waals surface area contributed by atoms with Gasteiger partial charge in [-0.2, -0.15) is 11.3 Å². The number of halogens is 1. The number of nitrogens with zero attached hydrogens (tertiary/aromatic N) is 1. The molecule has 2 aromatic rings. The first-order valence-corrected chi connectivity index (χ1v) is 6.36. The molecule has 78 valence electrons. The summed E-state index contributed by atoms with van der Waals surface area (Å²) < 4.78 is 0.998. The molecule has 0 amide bonds. The zero-order valence-electron chi connectivity index (χ0n) is 8.33. The lowest BCUT2D eigenvalue weighted by Crippen LogP contribution is -2.00. The summed E-state index contributed by atoms with van der Waals surface area (Å²) in [5.74, 6) is 0. The third-order valence-corrected chi connectivity index (χ3v) is 3.75. The highest BCUT2D eigenvalue weighted by Gasteiger charge is 2.01. The Bertz CT molecular complexity index is 453. The van der Waals surface area contributed by atoms with E-state index in [2.05, 4.69) is 43.9 Å². The molecule has 1 N–H and O–H groups in total. The maximum atomic E-state index is 4.02. The van der Waals surface area contributed by atoms with Gasteiger partial charge in [0.1, 0.15) is 0 Å². The second-order valence-electron chi connectivity index (χ2n) is 3.29. The third-order valence-electron chi connectivity index (χ3n) is 2.20. The average molecular weight is 283 g/mol. The second kappa shape index (κ2) is 4.77. The summed E-state index contributed by atoms with van der Waals surface area (Å²) in [6, 6.07) is 1.96. The van der Waals surface area contributed by atoms with Gasteiger partial charge in [-0.05, 0) is 50.8 Å². The van der Waals surface area contributed by atoms with E-state index in [0.717, 1.165) is 16.7 Å². The molecule has 0 unspecified atom stereocenters. The molecule has 0 saturated carbocycles. The van der Waals surface area contributed by atoms with Crippen LogP contribution in [0.2, 0.25) is 0 Å². The minimum Gasteiger partial charge on any atom is -0.380 e. The summed E-state index contributed by atoms with van der Waals surface area (Å²) in [7, 11) is 0. The van der Waals surface area contributed by atoms with Crippen molar-refractivity contribution in [2.45, 2.75) is 13.5 Å². The number of hydrogen-bond acceptors (Lipinski definition) is 3. The molecule has 0 saturated heterocycles. The summed E-state index contributed by atoms with van der Waals surface area (Å²) >= 11 is 5.20. The largest absolute Gasteiger partial charge is 0.380 e. The summed E-state index contributed by atoms with van der Waals surface area (Å²) in [5.41, 5.74) is 3.77. The number of anilines is 1. The molecule has 0 aliphatic carbocycles. The molecular weight excluding hydrogens is 272 g/mol. The Labute approximate surface area is 101 Å². The van der Waals surface area contributed by atoms with Gasteiger partial charge in [-0.1, -0.05) is 0 Å². The number of thiophene rings is 1. The van der Waals surface area contributed by atoms with Crippen molar-refractivity contribution in [3.05, 3.63) is 44.8 Å². The Balaban J connectivity index is 2.06. The number of aromatic nitrogens is 1. The molecule has 0 aromatic carbocycles. The van der Waals surface area contributed by atoms with E-state index < -0.39 is 0 Å². The van der Waals surface area contributed by atoms with Crippen molar-refractivity contribution in [2.75, 3.05) is 5.32 Å². The van der Waals surface area contributed by atoms with Crippen LogP contribution >= 0.6 is 27.3 Å². The zero-order valence-corrected chi connectivity index (χ0v) is 10.7. The van der Waals surface area contributed by atoms with Crippen molar-refractivity contribution in [2.24, 2.45) is 0 Å². The van der Waals surface area contributed by atoms with Crippen LogP contribution in [0.4, 0.5) is 5.69 Å². The zero-order chi connectivity index (χ0) is 10.7. The normalized spacial score (nSPS) is 10.3.